The highest BCUT2D eigenvalue weighted by atomic mass is 32.1. The second-order valence-electron chi connectivity index (χ2n) is 7.03. The third-order valence-corrected chi connectivity index (χ3v) is 6.76. The number of hydrogen-bond donors (Lipinski definition) is 1. The second-order valence-corrected chi connectivity index (χ2v) is 9.00. The maximum atomic E-state index is 12.6. The van der Waals surface area contributed by atoms with E-state index in [1.807, 2.05) is 37.3 Å². The zero-order valence-corrected chi connectivity index (χ0v) is 18.8. The van der Waals surface area contributed by atoms with Crippen LogP contribution in [0, 0.1) is 13.8 Å². The van der Waals surface area contributed by atoms with E-state index in [2.05, 4.69) is 21.7 Å². The summed E-state index contributed by atoms with van der Waals surface area (Å²) in [6.45, 7) is 4.65. The van der Waals surface area contributed by atoms with Crippen LogP contribution in [0.2, 0.25) is 0 Å². The number of aryl methyl sites for hydroxylation is 2. The summed E-state index contributed by atoms with van der Waals surface area (Å²) in [5.74, 6) is 0.297. The lowest BCUT2D eigenvalue weighted by Crippen LogP contribution is -2.22. The summed E-state index contributed by atoms with van der Waals surface area (Å²) in [6.07, 6.45) is 1.62. The van der Waals surface area contributed by atoms with Crippen LogP contribution >= 0.6 is 22.7 Å². The molecule has 1 aromatic carbocycles. The smallest absolute Gasteiger partial charge is 0.263 e. The van der Waals surface area contributed by atoms with Gasteiger partial charge in [-0.1, -0.05) is 41.7 Å². The molecule has 0 saturated carbocycles. The predicted octanol–water partition coefficient (Wildman–Crippen LogP) is 4.48. The normalized spacial score (nSPS) is 10.8. The SMILES string of the molecule is Cc1csc(CNC(=O)c2sc(-n3ccc(OCc4ccccc4)cc3=O)nc2C)c1. The fourth-order valence-corrected chi connectivity index (χ4v) is 4.76. The number of thiophene rings is 1. The first-order valence-corrected chi connectivity index (χ1v) is 11.4. The number of nitrogens with zero attached hydrogens (tertiary/aromatic N) is 2. The van der Waals surface area contributed by atoms with Crippen molar-refractivity contribution in [1.29, 1.82) is 0 Å². The Hall–Kier alpha value is -3.23. The highest BCUT2D eigenvalue weighted by Crippen LogP contribution is 2.22. The molecule has 3 aromatic heterocycles. The van der Waals surface area contributed by atoms with Gasteiger partial charge in [-0.15, -0.1) is 11.3 Å². The van der Waals surface area contributed by atoms with E-state index in [4.69, 9.17) is 4.74 Å². The van der Waals surface area contributed by atoms with Crippen LogP contribution in [-0.4, -0.2) is 15.5 Å². The molecule has 0 aliphatic carbocycles. The van der Waals surface area contributed by atoms with Gasteiger partial charge in [0.2, 0.25) is 0 Å². The molecule has 0 radical (unpaired) electrons. The number of carbonyl (C=O) groups excluding carboxylic acids is 1. The molecule has 0 atom stereocenters. The lowest BCUT2D eigenvalue weighted by Gasteiger charge is -2.07. The van der Waals surface area contributed by atoms with E-state index >= 15 is 0 Å². The molecule has 4 rings (SSSR count). The van der Waals surface area contributed by atoms with Gasteiger partial charge in [-0.25, -0.2) is 4.98 Å². The highest BCUT2D eigenvalue weighted by Gasteiger charge is 2.17. The topological polar surface area (TPSA) is 73.2 Å². The molecule has 0 aliphatic rings. The van der Waals surface area contributed by atoms with E-state index in [0.717, 1.165) is 10.4 Å². The van der Waals surface area contributed by atoms with Crippen molar-refractivity contribution in [3.05, 3.63) is 97.0 Å². The number of rotatable bonds is 7. The molecule has 0 unspecified atom stereocenters. The van der Waals surface area contributed by atoms with Gasteiger partial charge in [-0.05, 0) is 42.5 Å². The van der Waals surface area contributed by atoms with Crippen molar-refractivity contribution in [3.8, 4) is 10.9 Å². The number of pyridine rings is 1. The minimum absolute atomic E-state index is 0.192. The van der Waals surface area contributed by atoms with Crippen molar-refractivity contribution >= 4 is 28.6 Å². The fraction of sp³-hybridized carbons (Fsp3) is 0.174. The maximum Gasteiger partial charge on any atom is 0.263 e. The van der Waals surface area contributed by atoms with Crippen LogP contribution in [0.5, 0.6) is 5.75 Å². The second kappa shape index (κ2) is 9.28. The lowest BCUT2D eigenvalue weighted by molar-refractivity contribution is 0.0954. The van der Waals surface area contributed by atoms with Gasteiger partial charge >= 0.3 is 0 Å². The van der Waals surface area contributed by atoms with Gasteiger partial charge in [0.15, 0.2) is 5.13 Å². The molecule has 8 heteroatoms. The van der Waals surface area contributed by atoms with Crippen molar-refractivity contribution in [3.63, 3.8) is 0 Å². The first-order chi connectivity index (χ1) is 15.0. The summed E-state index contributed by atoms with van der Waals surface area (Å²) in [7, 11) is 0. The summed E-state index contributed by atoms with van der Waals surface area (Å²) in [5.41, 5.74) is 2.54. The molecule has 0 fully saturated rings. The molecule has 4 aromatic rings. The van der Waals surface area contributed by atoms with Gasteiger partial charge in [-0.3, -0.25) is 14.2 Å². The fourth-order valence-electron chi connectivity index (χ4n) is 2.98. The van der Waals surface area contributed by atoms with Crippen LogP contribution < -0.4 is 15.6 Å². The Bertz CT molecular complexity index is 1260. The van der Waals surface area contributed by atoms with Gasteiger partial charge in [-0.2, -0.15) is 0 Å². The first-order valence-electron chi connectivity index (χ1n) is 9.69. The molecule has 0 aliphatic heterocycles. The van der Waals surface area contributed by atoms with Crippen LogP contribution in [0.3, 0.4) is 0 Å². The monoisotopic (exact) mass is 451 g/mol. The predicted molar refractivity (Wildman–Crippen MR) is 123 cm³/mol. The molecule has 3 heterocycles. The van der Waals surface area contributed by atoms with Crippen molar-refractivity contribution in [2.45, 2.75) is 27.0 Å². The molecule has 31 heavy (non-hydrogen) atoms. The number of thiazole rings is 1. The van der Waals surface area contributed by atoms with Crippen LogP contribution in [0.15, 0.2) is 64.9 Å². The molecule has 6 nitrogen and oxygen atoms in total. The Morgan fingerprint density at radius 1 is 1.16 bits per heavy atom. The Morgan fingerprint density at radius 3 is 2.68 bits per heavy atom. The van der Waals surface area contributed by atoms with Crippen molar-refractivity contribution < 1.29 is 9.53 Å². The standard InChI is InChI=1S/C23H21N3O3S2/c1-15-10-19(30-14-15)12-24-22(28)21-16(2)25-23(31-21)26-9-8-18(11-20(26)27)29-13-17-6-4-3-5-7-17/h3-11,14H,12-13H2,1-2H3,(H,24,28). The summed E-state index contributed by atoms with van der Waals surface area (Å²) in [6, 6.07) is 15.0. The summed E-state index contributed by atoms with van der Waals surface area (Å²) in [4.78, 5) is 31.2. The number of nitrogens with one attached hydrogen (secondary N) is 1. The lowest BCUT2D eigenvalue weighted by atomic mass is 10.2. The summed E-state index contributed by atoms with van der Waals surface area (Å²) in [5, 5.41) is 5.43. The van der Waals surface area contributed by atoms with E-state index in [9.17, 15) is 9.59 Å². The van der Waals surface area contributed by atoms with Crippen LogP contribution in [0.4, 0.5) is 0 Å². The number of aromatic nitrogens is 2. The highest BCUT2D eigenvalue weighted by molar-refractivity contribution is 7.16. The molecular formula is C23H21N3O3S2. The van der Waals surface area contributed by atoms with E-state index in [1.54, 1.807) is 30.5 Å². The first kappa shape index (κ1) is 21.0. The van der Waals surface area contributed by atoms with Crippen LogP contribution in [0.1, 0.15) is 31.4 Å². The number of benzene rings is 1. The molecule has 1 N–H and O–H groups in total. The molecule has 158 valence electrons. The van der Waals surface area contributed by atoms with Gasteiger partial charge in [0.1, 0.15) is 17.2 Å². The number of hydrogen-bond acceptors (Lipinski definition) is 6. The third-order valence-electron chi connectivity index (χ3n) is 4.55. The largest absolute Gasteiger partial charge is 0.489 e. The van der Waals surface area contributed by atoms with Gasteiger partial charge in [0.05, 0.1) is 12.2 Å². The van der Waals surface area contributed by atoms with Crippen molar-refractivity contribution in [1.82, 2.24) is 14.9 Å². The van der Waals surface area contributed by atoms with Crippen molar-refractivity contribution in [2.75, 3.05) is 0 Å². The van der Waals surface area contributed by atoms with Crippen LogP contribution in [0.25, 0.3) is 5.13 Å². The molecule has 1 amide bonds. The molecule has 0 saturated heterocycles. The van der Waals surface area contributed by atoms with E-state index in [1.165, 1.54) is 27.5 Å². The zero-order valence-electron chi connectivity index (χ0n) is 17.1. The van der Waals surface area contributed by atoms with Crippen molar-refractivity contribution in [2.24, 2.45) is 0 Å². The minimum atomic E-state index is -0.264. The van der Waals surface area contributed by atoms with Gasteiger partial charge in [0.25, 0.3) is 11.5 Å². The minimum Gasteiger partial charge on any atom is -0.489 e. The Balaban J connectivity index is 1.45. The van der Waals surface area contributed by atoms with E-state index in [-0.39, 0.29) is 11.5 Å². The zero-order chi connectivity index (χ0) is 21.8. The quantitative estimate of drug-likeness (QED) is 0.450. The number of ether oxygens (including phenoxy) is 1. The van der Waals surface area contributed by atoms with E-state index in [0.29, 0.717) is 34.6 Å². The Labute approximate surface area is 187 Å². The van der Waals surface area contributed by atoms with Gasteiger partial charge < -0.3 is 10.1 Å². The van der Waals surface area contributed by atoms with Crippen LogP contribution in [-0.2, 0) is 13.2 Å². The Morgan fingerprint density at radius 2 is 1.97 bits per heavy atom. The van der Waals surface area contributed by atoms with Gasteiger partial charge in [0, 0.05) is 17.1 Å². The Kier molecular flexibility index (Phi) is 6.29. The summed E-state index contributed by atoms with van der Waals surface area (Å²) < 4.78 is 7.14. The average Bonchev–Trinajstić information content (AvgIpc) is 3.36. The van der Waals surface area contributed by atoms with E-state index < -0.39 is 0 Å². The number of amides is 1. The molecule has 0 spiro atoms. The molecular weight excluding hydrogens is 430 g/mol. The average molecular weight is 452 g/mol. The summed E-state index contributed by atoms with van der Waals surface area (Å²) >= 11 is 2.81. The third kappa shape index (κ3) is 5.10. The molecule has 0 bridgehead atoms. The number of carbonyl (C=O) groups is 1. The maximum absolute atomic E-state index is 12.6.